The van der Waals surface area contributed by atoms with Crippen molar-refractivity contribution in [2.75, 3.05) is 5.32 Å². The number of carbonyl (C=O) groups excluding carboxylic acids is 1. The van der Waals surface area contributed by atoms with Crippen LogP contribution in [0.2, 0.25) is 5.02 Å². The molecule has 1 heterocycles. The van der Waals surface area contributed by atoms with Gasteiger partial charge in [0.25, 0.3) is 0 Å². The lowest BCUT2D eigenvalue weighted by atomic mass is 10.1. The van der Waals surface area contributed by atoms with Gasteiger partial charge < -0.3 is 9.88 Å². The number of halogens is 1. The molecule has 1 amide bonds. The molecule has 6 heteroatoms. The first-order valence-electron chi connectivity index (χ1n) is 7.85. The molecule has 1 aromatic heterocycles. The number of nitrogens with one attached hydrogen (secondary N) is 1. The Hall–Kier alpha value is -2.24. The van der Waals surface area contributed by atoms with Crippen LogP contribution in [0.5, 0.6) is 0 Å². The van der Waals surface area contributed by atoms with Crippen LogP contribution in [0, 0.1) is 0 Å². The molecule has 1 unspecified atom stereocenters. The number of aromatic nitrogens is 2. The lowest BCUT2D eigenvalue weighted by Gasteiger charge is -2.18. The average molecular weight is 372 g/mol. The van der Waals surface area contributed by atoms with Crippen LogP contribution in [0.4, 0.5) is 5.69 Å². The van der Waals surface area contributed by atoms with E-state index in [0.29, 0.717) is 0 Å². The van der Waals surface area contributed by atoms with Gasteiger partial charge in [0.1, 0.15) is 0 Å². The maximum absolute atomic E-state index is 11.1. The summed E-state index contributed by atoms with van der Waals surface area (Å²) in [7, 11) is 0. The summed E-state index contributed by atoms with van der Waals surface area (Å²) in [5.74, 6) is -0.0699. The Morgan fingerprint density at radius 1 is 1.20 bits per heavy atom. The first-order chi connectivity index (χ1) is 12.1. The van der Waals surface area contributed by atoms with Gasteiger partial charge in [0.05, 0.1) is 11.6 Å². The minimum absolute atomic E-state index is 0.0699. The van der Waals surface area contributed by atoms with Crippen molar-refractivity contribution in [3.8, 4) is 0 Å². The zero-order valence-corrected chi connectivity index (χ0v) is 15.3. The van der Waals surface area contributed by atoms with E-state index in [4.69, 9.17) is 11.6 Å². The summed E-state index contributed by atoms with van der Waals surface area (Å²) in [4.78, 5) is 16.4. The third kappa shape index (κ3) is 5.11. The third-order valence-corrected chi connectivity index (χ3v) is 5.13. The summed E-state index contributed by atoms with van der Waals surface area (Å²) in [6, 6.07) is 15.8. The molecule has 128 valence electrons. The number of amides is 1. The van der Waals surface area contributed by atoms with Gasteiger partial charge in [-0.15, -0.1) is 11.8 Å². The predicted octanol–water partition coefficient (Wildman–Crippen LogP) is 5.03. The highest BCUT2D eigenvalue weighted by atomic mass is 35.5. The molecule has 0 saturated heterocycles. The summed E-state index contributed by atoms with van der Waals surface area (Å²) < 4.78 is 2.07. The fourth-order valence-corrected chi connectivity index (χ4v) is 3.75. The highest BCUT2D eigenvalue weighted by Gasteiger charge is 2.14. The van der Waals surface area contributed by atoms with E-state index in [1.165, 1.54) is 12.5 Å². The second kappa shape index (κ2) is 8.23. The topological polar surface area (TPSA) is 46.9 Å². The van der Waals surface area contributed by atoms with Gasteiger partial charge >= 0.3 is 0 Å². The van der Waals surface area contributed by atoms with Crippen LogP contribution in [0.15, 0.2) is 72.1 Å². The van der Waals surface area contributed by atoms with E-state index in [1.807, 2.05) is 48.9 Å². The van der Waals surface area contributed by atoms with Gasteiger partial charge in [-0.3, -0.25) is 4.79 Å². The number of imidazole rings is 1. The van der Waals surface area contributed by atoms with Gasteiger partial charge in [-0.25, -0.2) is 4.98 Å². The molecule has 0 aliphatic heterocycles. The second-order valence-corrected chi connectivity index (χ2v) is 7.34. The van der Waals surface area contributed by atoms with E-state index < -0.39 is 0 Å². The molecule has 0 aliphatic rings. The van der Waals surface area contributed by atoms with Crippen molar-refractivity contribution in [1.29, 1.82) is 0 Å². The van der Waals surface area contributed by atoms with Crippen LogP contribution in [-0.2, 0) is 11.3 Å². The smallest absolute Gasteiger partial charge is 0.221 e. The Bertz CT molecular complexity index is 817. The number of carbonyl (C=O) groups is 1. The molecule has 0 radical (unpaired) electrons. The Balaban J connectivity index is 1.79. The van der Waals surface area contributed by atoms with Crippen molar-refractivity contribution in [3.63, 3.8) is 0 Å². The molecular weight excluding hydrogens is 354 g/mol. The van der Waals surface area contributed by atoms with Crippen molar-refractivity contribution in [1.82, 2.24) is 9.55 Å². The van der Waals surface area contributed by atoms with E-state index in [-0.39, 0.29) is 11.2 Å². The first-order valence-corrected chi connectivity index (χ1v) is 9.11. The summed E-state index contributed by atoms with van der Waals surface area (Å²) >= 11 is 7.79. The lowest BCUT2D eigenvalue weighted by Crippen LogP contribution is -2.06. The molecule has 25 heavy (non-hydrogen) atoms. The molecule has 0 aliphatic carbocycles. The van der Waals surface area contributed by atoms with E-state index in [2.05, 4.69) is 27.0 Å². The van der Waals surface area contributed by atoms with Gasteiger partial charge in [0, 0.05) is 41.5 Å². The number of hydrogen-bond acceptors (Lipinski definition) is 3. The van der Waals surface area contributed by atoms with E-state index in [0.717, 1.165) is 22.2 Å². The van der Waals surface area contributed by atoms with Crippen molar-refractivity contribution in [2.24, 2.45) is 0 Å². The van der Waals surface area contributed by atoms with Gasteiger partial charge in [0.15, 0.2) is 0 Å². The lowest BCUT2D eigenvalue weighted by molar-refractivity contribution is -0.114. The van der Waals surface area contributed by atoms with Gasteiger partial charge in [-0.05, 0) is 42.0 Å². The summed E-state index contributed by atoms with van der Waals surface area (Å²) in [5.41, 5.74) is 2.00. The van der Waals surface area contributed by atoms with E-state index in [1.54, 1.807) is 18.0 Å². The number of nitrogens with zero attached hydrogens (tertiary/aromatic N) is 2. The number of anilines is 1. The Morgan fingerprint density at radius 2 is 1.92 bits per heavy atom. The summed E-state index contributed by atoms with van der Waals surface area (Å²) in [6.45, 7) is 2.31. The largest absolute Gasteiger partial charge is 0.336 e. The number of thioether (sulfide) groups is 1. The Morgan fingerprint density at radius 3 is 2.52 bits per heavy atom. The summed E-state index contributed by atoms with van der Waals surface area (Å²) in [5, 5.41) is 3.74. The van der Waals surface area contributed by atoms with Crippen LogP contribution in [-0.4, -0.2) is 15.5 Å². The SMILES string of the molecule is CC(=O)Nc1ccc(SC(Cn2ccnc2)c2ccc(Cl)cc2)cc1. The Kier molecular flexibility index (Phi) is 5.79. The maximum atomic E-state index is 11.1. The number of benzene rings is 2. The highest BCUT2D eigenvalue weighted by Crippen LogP contribution is 2.37. The van der Waals surface area contributed by atoms with Gasteiger partial charge in [-0.1, -0.05) is 23.7 Å². The van der Waals surface area contributed by atoms with Crippen molar-refractivity contribution in [3.05, 3.63) is 77.8 Å². The maximum Gasteiger partial charge on any atom is 0.221 e. The standard InChI is InChI=1S/C19H18ClN3OS/c1-14(24)22-17-6-8-18(9-7-17)25-19(12-23-11-10-21-13-23)15-2-4-16(20)5-3-15/h2-11,13,19H,12H2,1H3,(H,22,24). The molecule has 0 fully saturated rings. The molecule has 1 atom stereocenters. The minimum Gasteiger partial charge on any atom is -0.336 e. The summed E-state index contributed by atoms with van der Waals surface area (Å²) in [6.07, 6.45) is 5.57. The zero-order chi connectivity index (χ0) is 17.6. The molecule has 1 N–H and O–H groups in total. The number of hydrogen-bond donors (Lipinski definition) is 1. The third-order valence-electron chi connectivity index (χ3n) is 3.63. The molecule has 4 nitrogen and oxygen atoms in total. The van der Waals surface area contributed by atoms with Crippen molar-refractivity contribution in [2.45, 2.75) is 23.6 Å². The van der Waals surface area contributed by atoms with Crippen LogP contribution in [0.1, 0.15) is 17.7 Å². The van der Waals surface area contributed by atoms with Gasteiger partial charge in [0.2, 0.25) is 5.91 Å². The molecular formula is C19H18ClN3OS. The minimum atomic E-state index is -0.0699. The molecule has 0 bridgehead atoms. The molecule has 2 aromatic carbocycles. The Labute approximate surface area is 156 Å². The fourth-order valence-electron chi connectivity index (χ4n) is 2.46. The van der Waals surface area contributed by atoms with Crippen molar-refractivity contribution >= 4 is 35.0 Å². The fraction of sp³-hybridized carbons (Fsp3) is 0.158. The normalized spacial score (nSPS) is 11.9. The molecule has 3 rings (SSSR count). The number of rotatable bonds is 6. The highest BCUT2D eigenvalue weighted by molar-refractivity contribution is 7.99. The van der Waals surface area contributed by atoms with Crippen LogP contribution in [0.3, 0.4) is 0 Å². The van der Waals surface area contributed by atoms with Gasteiger partial charge in [-0.2, -0.15) is 0 Å². The molecule has 3 aromatic rings. The zero-order valence-electron chi connectivity index (χ0n) is 13.7. The van der Waals surface area contributed by atoms with Crippen LogP contribution in [0.25, 0.3) is 0 Å². The van der Waals surface area contributed by atoms with Crippen LogP contribution >= 0.6 is 23.4 Å². The van der Waals surface area contributed by atoms with E-state index in [9.17, 15) is 4.79 Å². The predicted molar refractivity (Wildman–Crippen MR) is 103 cm³/mol. The molecule has 0 spiro atoms. The quantitative estimate of drug-likeness (QED) is 0.618. The molecule has 0 saturated carbocycles. The second-order valence-electron chi connectivity index (χ2n) is 5.62. The average Bonchev–Trinajstić information content (AvgIpc) is 3.09. The monoisotopic (exact) mass is 371 g/mol. The van der Waals surface area contributed by atoms with E-state index >= 15 is 0 Å². The first kappa shape index (κ1) is 17.6. The van der Waals surface area contributed by atoms with Crippen LogP contribution < -0.4 is 5.32 Å². The van der Waals surface area contributed by atoms with Crippen molar-refractivity contribution < 1.29 is 4.79 Å².